The van der Waals surface area contributed by atoms with E-state index in [2.05, 4.69) is 5.32 Å². The van der Waals surface area contributed by atoms with Gasteiger partial charge in [-0.1, -0.05) is 42.5 Å². The van der Waals surface area contributed by atoms with E-state index >= 15 is 0 Å². The lowest BCUT2D eigenvalue weighted by Crippen LogP contribution is -2.82. The number of rotatable bonds is 9. The van der Waals surface area contributed by atoms with Crippen LogP contribution in [0.4, 0.5) is 5.69 Å². The van der Waals surface area contributed by atoms with Gasteiger partial charge >= 0.3 is 5.97 Å². The smallest absolute Gasteiger partial charge is 0.355 e. The number of nitrogens with one attached hydrogen (secondary N) is 1. The molecule has 0 aliphatic carbocycles. The SMILES string of the molecule is Cc1cccc(OC2(NC(=O)Cc3ccccc3)C(=O)N3C(C(=O)OCc4ccc([N+](=O)[O-])cc4)=CCS[C@H]32)c1. The van der Waals surface area contributed by atoms with Crippen molar-refractivity contribution in [1.82, 2.24) is 10.2 Å². The largest absolute Gasteiger partial charge is 0.456 e. The van der Waals surface area contributed by atoms with E-state index in [4.69, 9.17) is 9.47 Å². The Morgan fingerprint density at radius 1 is 1.07 bits per heavy atom. The number of carbonyl (C=O) groups excluding carboxylic acids is 3. The molecule has 5 rings (SSSR count). The standard InChI is InChI=1S/C29H25N3O7S/c1-19-6-5-9-23(16-19)39-29(30-25(33)17-20-7-3-2-4-8-20)27(35)31-24(14-15-40-28(29)31)26(34)38-18-21-10-12-22(13-11-21)32(36)37/h2-14,16,28H,15,17-18H2,1H3,(H,30,33)/t28-,29?/m0/s1. The number of ether oxygens (including phenoxy) is 2. The quantitative estimate of drug-likeness (QED) is 0.138. The lowest BCUT2D eigenvalue weighted by atomic mass is 9.98. The number of benzene rings is 3. The second-order valence-corrected chi connectivity index (χ2v) is 10.4. The molecule has 0 radical (unpaired) electrons. The number of nitro benzene ring substituents is 1. The normalized spacial score (nSPS) is 19.5. The molecule has 3 aromatic carbocycles. The van der Waals surface area contributed by atoms with Crippen LogP contribution in [0.25, 0.3) is 0 Å². The van der Waals surface area contributed by atoms with E-state index in [0.717, 1.165) is 11.1 Å². The second-order valence-electron chi connectivity index (χ2n) is 9.31. The number of fused-ring (bicyclic) bond motifs is 1. The van der Waals surface area contributed by atoms with Crippen molar-refractivity contribution in [3.05, 3.63) is 117 Å². The molecule has 1 unspecified atom stereocenters. The minimum atomic E-state index is -1.72. The third-order valence-corrected chi connectivity index (χ3v) is 7.65. The zero-order chi connectivity index (χ0) is 28.3. The number of hydrogen-bond acceptors (Lipinski definition) is 8. The van der Waals surface area contributed by atoms with Crippen molar-refractivity contribution >= 4 is 35.2 Å². The monoisotopic (exact) mass is 559 g/mol. The van der Waals surface area contributed by atoms with Gasteiger partial charge < -0.3 is 14.8 Å². The number of hydrogen-bond donors (Lipinski definition) is 1. The maximum Gasteiger partial charge on any atom is 0.355 e. The van der Waals surface area contributed by atoms with Crippen LogP contribution in [-0.2, 0) is 32.1 Å². The van der Waals surface area contributed by atoms with Gasteiger partial charge in [-0.3, -0.25) is 24.6 Å². The van der Waals surface area contributed by atoms with E-state index in [-0.39, 0.29) is 24.4 Å². The fourth-order valence-electron chi connectivity index (χ4n) is 4.50. The van der Waals surface area contributed by atoms with Crippen LogP contribution >= 0.6 is 11.8 Å². The third-order valence-electron chi connectivity index (χ3n) is 6.44. The molecule has 40 heavy (non-hydrogen) atoms. The summed E-state index contributed by atoms with van der Waals surface area (Å²) < 4.78 is 11.6. The molecular formula is C29H25N3O7S. The predicted molar refractivity (Wildman–Crippen MR) is 147 cm³/mol. The Bertz CT molecular complexity index is 1490. The van der Waals surface area contributed by atoms with Gasteiger partial charge in [-0.15, -0.1) is 11.8 Å². The van der Waals surface area contributed by atoms with Gasteiger partial charge in [0.15, 0.2) is 5.37 Å². The molecule has 0 bridgehead atoms. The number of non-ortho nitro benzene ring substituents is 1. The number of carbonyl (C=O) groups is 3. The summed E-state index contributed by atoms with van der Waals surface area (Å²) >= 11 is 1.35. The fraction of sp³-hybridized carbons (Fsp3) is 0.207. The molecule has 2 aliphatic rings. The molecule has 1 fully saturated rings. The molecular weight excluding hydrogens is 534 g/mol. The van der Waals surface area contributed by atoms with Crippen LogP contribution < -0.4 is 10.1 Å². The zero-order valence-electron chi connectivity index (χ0n) is 21.4. The lowest BCUT2D eigenvalue weighted by Gasteiger charge is -2.55. The van der Waals surface area contributed by atoms with Crippen molar-refractivity contribution in [2.45, 2.75) is 31.1 Å². The lowest BCUT2D eigenvalue weighted by molar-refractivity contribution is -0.384. The highest BCUT2D eigenvalue weighted by Gasteiger charge is 2.67. The van der Waals surface area contributed by atoms with Gasteiger partial charge in [-0.05, 0) is 54.0 Å². The van der Waals surface area contributed by atoms with Crippen molar-refractivity contribution in [1.29, 1.82) is 0 Å². The Labute approximate surface area is 234 Å². The molecule has 11 heteroatoms. The topological polar surface area (TPSA) is 128 Å². The summed E-state index contributed by atoms with van der Waals surface area (Å²) in [5.41, 5.74) is 0.510. The molecule has 0 saturated carbocycles. The van der Waals surface area contributed by atoms with Crippen molar-refractivity contribution < 1.29 is 28.8 Å². The number of aryl methyl sites for hydroxylation is 1. The zero-order valence-corrected chi connectivity index (χ0v) is 22.3. The summed E-state index contributed by atoms with van der Waals surface area (Å²) in [6, 6.07) is 21.9. The number of esters is 1. The third kappa shape index (κ3) is 5.41. The summed E-state index contributed by atoms with van der Waals surface area (Å²) in [6.45, 7) is 1.76. The van der Waals surface area contributed by atoms with E-state index in [9.17, 15) is 24.5 Å². The predicted octanol–water partition coefficient (Wildman–Crippen LogP) is 3.88. The molecule has 2 aliphatic heterocycles. The first-order valence-corrected chi connectivity index (χ1v) is 13.5. The molecule has 2 amide bonds. The van der Waals surface area contributed by atoms with E-state index in [1.54, 1.807) is 24.3 Å². The molecule has 2 heterocycles. The van der Waals surface area contributed by atoms with Crippen LogP contribution in [0.1, 0.15) is 16.7 Å². The van der Waals surface area contributed by atoms with Crippen molar-refractivity contribution in [3.8, 4) is 5.75 Å². The van der Waals surface area contributed by atoms with Gasteiger partial charge in [-0.25, -0.2) is 4.79 Å². The number of nitrogens with zero attached hydrogens (tertiary/aromatic N) is 2. The van der Waals surface area contributed by atoms with Gasteiger partial charge in [0, 0.05) is 17.9 Å². The van der Waals surface area contributed by atoms with Crippen LogP contribution in [0, 0.1) is 17.0 Å². The summed E-state index contributed by atoms with van der Waals surface area (Å²) in [5.74, 6) is -0.929. The summed E-state index contributed by atoms with van der Waals surface area (Å²) in [7, 11) is 0. The van der Waals surface area contributed by atoms with Crippen LogP contribution in [0.3, 0.4) is 0 Å². The Morgan fingerprint density at radius 3 is 2.52 bits per heavy atom. The van der Waals surface area contributed by atoms with Gasteiger partial charge in [0.05, 0.1) is 11.3 Å². The Kier molecular flexibility index (Phi) is 7.56. The fourth-order valence-corrected chi connectivity index (χ4v) is 5.74. The van der Waals surface area contributed by atoms with E-state index in [1.165, 1.54) is 40.9 Å². The maximum absolute atomic E-state index is 13.7. The minimum absolute atomic E-state index is 0.0460. The molecule has 10 nitrogen and oxygen atoms in total. The van der Waals surface area contributed by atoms with Crippen LogP contribution in [0.15, 0.2) is 90.6 Å². The van der Waals surface area contributed by atoms with Gasteiger partial charge in [0.1, 0.15) is 18.1 Å². The number of nitro groups is 1. The highest BCUT2D eigenvalue weighted by molar-refractivity contribution is 8.00. The average Bonchev–Trinajstić information content (AvgIpc) is 2.95. The summed E-state index contributed by atoms with van der Waals surface area (Å²) in [5, 5.41) is 13.0. The van der Waals surface area contributed by atoms with Crippen molar-refractivity contribution in [3.63, 3.8) is 0 Å². The number of thioether (sulfide) groups is 1. The highest BCUT2D eigenvalue weighted by atomic mass is 32.2. The van der Waals surface area contributed by atoms with Gasteiger partial charge in [0.25, 0.3) is 17.3 Å². The minimum Gasteiger partial charge on any atom is -0.456 e. The average molecular weight is 560 g/mol. The first-order valence-electron chi connectivity index (χ1n) is 12.4. The maximum atomic E-state index is 13.7. The van der Waals surface area contributed by atoms with Crippen LogP contribution in [0.5, 0.6) is 5.75 Å². The van der Waals surface area contributed by atoms with E-state index in [0.29, 0.717) is 17.1 Å². The molecule has 0 spiro atoms. The van der Waals surface area contributed by atoms with Gasteiger partial charge in [0.2, 0.25) is 5.91 Å². The van der Waals surface area contributed by atoms with Gasteiger partial charge in [-0.2, -0.15) is 0 Å². The van der Waals surface area contributed by atoms with Crippen LogP contribution in [-0.4, -0.2) is 44.5 Å². The Morgan fingerprint density at radius 2 is 1.82 bits per heavy atom. The van der Waals surface area contributed by atoms with E-state index < -0.39 is 33.8 Å². The highest BCUT2D eigenvalue weighted by Crippen LogP contribution is 2.45. The number of β-lactam (4-membered cyclic amide) rings is 1. The Hall–Kier alpha value is -4.64. The Balaban J connectivity index is 1.34. The van der Waals surface area contributed by atoms with Crippen molar-refractivity contribution in [2.75, 3.05) is 5.75 Å². The van der Waals surface area contributed by atoms with E-state index in [1.807, 2.05) is 43.3 Å². The molecule has 0 aromatic heterocycles. The molecule has 2 atom stereocenters. The van der Waals surface area contributed by atoms with Crippen molar-refractivity contribution in [2.24, 2.45) is 0 Å². The molecule has 3 aromatic rings. The summed E-state index contributed by atoms with van der Waals surface area (Å²) in [6.07, 6.45) is 1.64. The first-order chi connectivity index (χ1) is 19.3. The molecule has 1 N–H and O–H groups in total. The molecule has 204 valence electrons. The molecule has 1 saturated heterocycles. The summed E-state index contributed by atoms with van der Waals surface area (Å²) in [4.78, 5) is 51.5. The van der Waals surface area contributed by atoms with Crippen LogP contribution in [0.2, 0.25) is 0 Å². The second kappa shape index (κ2) is 11.2. The first kappa shape index (κ1) is 26.9. The number of amides is 2.